The molecule has 1 unspecified atom stereocenters. The second kappa shape index (κ2) is 6.31. The van der Waals surface area contributed by atoms with E-state index in [1.54, 1.807) is 6.92 Å². The fraction of sp³-hybridized carbons (Fsp3) is 0.846. The summed E-state index contributed by atoms with van der Waals surface area (Å²) in [5, 5.41) is 0. The Kier molecular flexibility index (Phi) is 4.88. The van der Waals surface area contributed by atoms with Gasteiger partial charge in [0.25, 0.3) is 0 Å². The largest absolute Gasteiger partial charge is 0.465 e. The van der Waals surface area contributed by atoms with Crippen molar-refractivity contribution >= 4 is 21.8 Å². The van der Waals surface area contributed by atoms with E-state index in [0.717, 1.165) is 0 Å². The number of ether oxygens (including phenoxy) is 2. The predicted octanol–water partition coefficient (Wildman–Crippen LogP) is -0.254. The summed E-state index contributed by atoms with van der Waals surface area (Å²) in [6.45, 7) is 3.40. The Labute approximate surface area is 124 Å². The summed E-state index contributed by atoms with van der Waals surface area (Å²) in [7, 11) is -2.90. The molecule has 2 rings (SSSR count). The maximum absolute atomic E-state index is 11.9. The van der Waals surface area contributed by atoms with Crippen molar-refractivity contribution < 1.29 is 27.5 Å². The van der Waals surface area contributed by atoms with Crippen LogP contribution in [0.25, 0.3) is 0 Å². The number of carbonyl (C=O) groups is 2. The van der Waals surface area contributed by atoms with Crippen molar-refractivity contribution in [3.05, 3.63) is 0 Å². The minimum absolute atomic E-state index is 0.0840. The highest BCUT2D eigenvalue weighted by Crippen LogP contribution is 2.25. The third kappa shape index (κ3) is 4.96. The Balaban J connectivity index is 1.74. The van der Waals surface area contributed by atoms with Crippen molar-refractivity contribution in [1.82, 2.24) is 4.90 Å². The van der Waals surface area contributed by atoms with Crippen molar-refractivity contribution in [2.45, 2.75) is 31.8 Å². The summed E-state index contributed by atoms with van der Waals surface area (Å²) >= 11 is 0. The molecule has 2 saturated heterocycles. The van der Waals surface area contributed by atoms with Gasteiger partial charge in [0.15, 0.2) is 9.84 Å². The van der Waals surface area contributed by atoms with E-state index in [-0.39, 0.29) is 42.9 Å². The van der Waals surface area contributed by atoms with E-state index < -0.39 is 15.4 Å². The van der Waals surface area contributed by atoms with Crippen molar-refractivity contribution in [2.24, 2.45) is 0 Å². The zero-order valence-corrected chi connectivity index (χ0v) is 13.0. The van der Waals surface area contributed by atoms with Gasteiger partial charge in [0.05, 0.1) is 31.0 Å². The van der Waals surface area contributed by atoms with E-state index in [0.29, 0.717) is 26.1 Å². The van der Waals surface area contributed by atoms with Crippen LogP contribution < -0.4 is 0 Å². The molecule has 8 heteroatoms. The molecule has 21 heavy (non-hydrogen) atoms. The number of nitrogens with zero attached hydrogens (tertiary/aromatic N) is 1. The molecular formula is C13H21NO6S. The first-order valence-electron chi connectivity index (χ1n) is 7.08. The molecular weight excluding hydrogens is 298 g/mol. The number of esters is 2. The lowest BCUT2D eigenvalue weighted by atomic mass is 9.96. The zero-order chi connectivity index (χ0) is 15.5. The molecule has 0 amide bonds. The van der Waals surface area contributed by atoms with Crippen LogP contribution in [0.1, 0.15) is 26.2 Å². The number of sulfone groups is 1. The summed E-state index contributed by atoms with van der Waals surface area (Å²) in [4.78, 5) is 25.1. The average molecular weight is 319 g/mol. The number of rotatable bonds is 4. The van der Waals surface area contributed by atoms with Crippen LogP contribution in [0, 0.1) is 0 Å². The fourth-order valence-corrected chi connectivity index (χ4v) is 3.74. The van der Waals surface area contributed by atoms with Crippen molar-refractivity contribution in [2.75, 3.05) is 37.7 Å². The fourth-order valence-electron chi connectivity index (χ4n) is 2.46. The molecule has 7 nitrogen and oxygen atoms in total. The molecule has 120 valence electrons. The van der Waals surface area contributed by atoms with Crippen LogP contribution in [0.3, 0.4) is 0 Å². The molecule has 0 N–H and O–H groups in total. The van der Waals surface area contributed by atoms with Gasteiger partial charge in [-0.05, 0) is 6.92 Å². The highest BCUT2D eigenvalue weighted by molar-refractivity contribution is 7.91. The Morgan fingerprint density at radius 2 is 2.05 bits per heavy atom. The van der Waals surface area contributed by atoms with E-state index in [4.69, 9.17) is 9.47 Å². The van der Waals surface area contributed by atoms with Gasteiger partial charge in [-0.3, -0.25) is 9.59 Å². The monoisotopic (exact) mass is 319 g/mol. The number of hydrogen-bond donors (Lipinski definition) is 0. The Morgan fingerprint density at radius 1 is 1.38 bits per heavy atom. The van der Waals surface area contributed by atoms with E-state index in [1.807, 2.05) is 4.90 Å². The van der Waals surface area contributed by atoms with Crippen LogP contribution in [0.15, 0.2) is 0 Å². The Bertz CT molecular complexity index is 503. The quantitative estimate of drug-likeness (QED) is 0.660. The van der Waals surface area contributed by atoms with Crippen LogP contribution in [0.4, 0.5) is 0 Å². The first kappa shape index (κ1) is 16.2. The van der Waals surface area contributed by atoms with Crippen LogP contribution in [-0.2, 0) is 28.9 Å². The van der Waals surface area contributed by atoms with Crippen LogP contribution in [0.2, 0.25) is 0 Å². The lowest BCUT2D eigenvalue weighted by molar-refractivity contribution is -0.175. The first-order valence-corrected chi connectivity index (χ1v) is 8.90. The molecule has 0 aliphatic carbocycles. The summed E-state index contributed by atoms with van der Waals surface area (Å²) in [5.41, 5.74) is -0.780. The van der Waals surface area contributed by atoms with Crippen LogP contribution >= 0.6 is 0 Å². The molecule has 0 spiro atoms. The predicted molar refractivity (Wildman–Crippen MR) is 74.4 cm³/mol. The third-order valence-corrected chi connectivity index (χ3v) is 5.45. The molecule has 0 saturated carbocycles. The molecule has 0 radical (unpaired) electrons. The Hall–Kier alpha value is -1.15. The number of carbonyl (C=O) groups excluding carboxylic acids is 2. The Morgan fingerprint density at radius 3 is 2.67 bits per heavy atom. The zero-order valence-electron chi connectivity index (χ0n) is 12.2. The van der Waals surface area contributed by atoms with E-state index in [2.05, 4.69) is 0 Å². The summed E-state index contributed by atoms with van der Waals surface area (Å²) in [6, 6.07) is 0. The molecule has 2 fully saturated rings. The van der Waals surface area contributed by atoms with Crippen LogP contribution in [0.5, 0.6) is 0 Å². The second-order valence-electron chi connectivity index (χ2n) is 5.81. The summed E-state index contributed by atoms with van der Waals surface area (Å²) < 4.78 is 32.8. The van der Waals surface area contributed by atoms with Crippen molar-refractivity contribution in [1.29, 1.82) is 0 Å². The topological polar surface area (TPSA) is 90.0 Å². The average Bonchev–Trinajstić information content (AvgIpc) is 2.36. The van der Waals surface area contributed by atoms with Gasteiger partial charge in [-0.2, -0.15) is 0 Å². The van der Waals surface area contributed by atoms with Gasteiger partial charge in [0.2, 0.25) is 0 Å². The van der Waals surface area contributed by atoms with E-state index in [9.17, 15) is 18.0 Å². The van der Waals surface area contributed by atoms with Gasteiger partial charge < -0.3 is 14.4 Å². The van der Waals surface area contributed by atoms with Gasteiger partial charge in [-0.15, -0.1) is 0 Å². The maximum Gasteiger partial charge on any atom is 0.309 e. The molecule has 0 aromatic rings. The molecule has 2 heterocycles. The van der Waals surface area contributed by atoms with Gasteiger partial charge in [0, 0.05) is 26.1 Å². The third-order valence-electron chi connectivity index (χ3n) is 3.84. The number of cyclic esters (lactones) is 1. The minimum Gasteiger partial charge on any atom is -0.465 e. The summed E-state index contributed by atoms with van der Waals surface area (Å²) in [6.07, 6.45) is 0.790. The molecule has 0 bridgehead atoms. The lowest BCUT2D eigenvalue weighted by Gasteiger charge is -2.32. The van der Waals surface area contributed by atoms with E-state index in [1.165, 1.54) is 0 Å². The summed E-state index contributed by atoms with van der Waals surface area (Å²) in [5.74, 6) is -0.421. The standard InChI is InChI=1S/C13H21NO6S/c1-13(3-7-19-12(16)10-13)20-11(15)2-4-14-5-8-21(17,18)9-6-14/h2-10H2,1H3. The van der Waals surface area contributed by atoms with Crippen molar-refractivity contribution in [3.8, 4) is 0 Å². The van der Waals surface area contributed by atoms with Gasteiger partial charge >= 0.3 is 11.9 Å². The van der Waals surface area contributed by atoms with Gasteiger partial charge in [-0.25, -0.2) is 8.42 Å². The molecule has 2 aliphatic heterocycles. The maximum atomic E-state index is 11.9. The first-order chi connectivity index (χ1) is 9.78. The molecule has 1 atom stereocenters. The van der Waals surface area contributed by atoms with Crippen LogP contribution in [-0.4, -0.2) is 68.6 Å². The SMILES string of the molecule is CC1(OC(=O)CCN2CCS(=O)(=O)CC2)CCOC(=O)C1. The highest BCUT2D eigenvalue weighted by Gasteiger charge is 2.36. The minimum atomic E-state index is -2.90. The highest BCUT2D eigenvalue weighted by atomic mass is 32.2. The van der Waals surface area contributed by atoms with Gasteiger partial charge in [0.1, 0.15) is 5.60 Å². The second-order valence-corrected chi connectivity index (χ2v) is 8.12. The van der Waals surface area contributed by atoms with Gasteiger partial charge in [-0.1, -0.05) is 0 Å². The van der Waals surface area contributed by atoms with Crippen molar-refractivity contribution in [3.63, 3.8) is 0 Å². The molecule has 0 aromatic heterocycles. The molecule has 0 aromatic carbocycles. The smallest absolute Gasteiger partial charge is 0.309 e. The molecule has 2 aliphatic rings. The normalized spacial score (nSPS) is 29.7. The lowest BCUT2D eigenvalue weighted by Crippen LogP contribution is -2.43. The number of hydrogen-bond acceptors (Lipinski definition) is 7. The van der Waals surface area contributed by atoms with E-state index >= 15 is 0 Å².